The van der Waals surface area contributed by atoms with Crippen molar-refractivity contribution in [3.05, 3.63) is 12.4 Å². The predicted octanol–water partition coefficient (Wildman–Crippen LogP) is 4.66. The van der Waals surface area contributed by atoms with E-state index < -0.39 is 37.2 Å². The largest absolute Gasteiger partial charge is 0.412 e. The van der Waals surface area contributed by atoms with Crippen LogP contribution in [0.5, 0.6) is 0 Å². The maximum atomic E-state index is 12.4. The Hall–Kier alpha value is -0.930. The molecule has 0 bridgehead atoms. The maximum Gasteiger partial charge on any atom is 0.412 e. The molecule has 0 radical (unpaired) electrons. The predicted molar refractivity (Wildman–Crippen MR) is 45.7 cm³/mol. The molecule has 18 heavy (non-hydrogen) atoms. The van der Waals surface area contributed by atoms with Crippen LogP contribution in [0.2, 0.25) is 0 Å². The Morgan fingerprint density at radius 3 is 1.61 bits per heavy atom. The van der Waals surface area contributed by atoms with Crippen LogP contribution in [0.1, 0.15) is 13.8 Å². The monoisotopic (exact) mass is 294 g/mol. The molecule has 0 saturated carbocycles. The Balaban J connectivity index is -0.000000321. The Labute approximate surface area is 96.8 Å². The van der Waals surface area contributed by atoms with Crippen LogP contribution in [-0.4, -0.2) is 18.9 Å². The summed E-state index contributed by atoms with van der Waals surface area (Å²) < 4.78 is 93.0. The van der Waals surface area contributed by atoms with E-state index in [-0.39, 0.29) is 4.70 Å². The van der Waals surface area contributed by atoms with E-state index in [1.54, 1.807) is 0 Å². The molecule has 0 heterocycles. The van der Waals surface area contributed by atoms with E-state index >= 15 is 0 Å². The van der Waals surface area contributed by atoms with Gasteiger partial charge in [0.25, 0.3) is 6.08 Å². The minimum atomic E-state index is -4.71. The quantitative estimate of drug-likeness (QED) is 0.688. The third-order valence-corrected chi connectivity index (χ3v) is 1.18. The fourth-order valence-electron chi connectivity index (χ4n) is 0.345. The van der Waals surface area contributed by atoms with Crippen molar-refractivity contribution in [1.82, 2.24) is 0 Å². The first-order valence-electron chi connectivity index (χ1n) is 4.12. The zero-order chi connectivity index (χ0) is 14.3. The second-order valence-corrected chi connectivity index (χ2v) is 3.02. The molecule has 0 aliphatic heterocycles. The summed E-state index contributed by atoms with van der Waals surface area (Å²) in [6.07, 6.45) is -11.5. The van der Waals surface area contributed by atoms with Crippen LogP contribution in [0.4, 0.5) is 39.8 Å². The minimum Gasteiger partial charge on any atom is -0.311 e. The first kappa shape index (κ1) is 22.3. The van der Waals surface area contributed by atoms with Gasteiger partial charge in [-0.15, -0.1) is 0 Å². The highest BCUT2D eigenvalue weighted by molar-refractivity contribution is 4.66. The van der Waals surface area contributed by atoms with Gasteiger partial charge in [-0.2, -0.15) is 30.7 Å². The molecule has 0 amide bonds. The zero-order valence-electron chi connectivity index (χ0n) is 9.20. The van der Waals surface area contributed by atoms with E-state index in [9.17, 15) is 35.1 Å². The first-order chi connectivity index (χ1) is 7.42. The van der Waals surface area contributed by atoms with Gasteiger partial charge in [0, 0.05) is 5.92 Å². The van der Waals surface area contributed by atoms with Crippen molar-refractivity contribution >= 4 is 0 Å². The molecule has 0 aromatic rings. The summed E-state index contributed by atoms with van der Waals surface area (Å²) in [6.45, 7) is 0.241. The summed E-state index contributed by atoms with van der Waals surface area (Å²) in [7, 11) is 0. The van der Waals surface area contributed by atoms with Gasteiger partial charge < -0.3 is 4.74 Å². The van der Waals surface area contributed by atoms with Gasteiger partial charge >= 0.3 is 12.3 Å². The average Bonchev–Trinajstić information content (AvgIpc) is 2.14. The molecule has 0 aromatic carbocycles. The highest BCUT2D eigenvalue weighted by atomic mass is 19.4. The van der Waals surface area contributed by atoms with Crippen LogP contribution < -0.4 is 0 Å². The first-order valence-corrected chi connectivity index (χ1v) is 4.12. The van der Waals surface area contributed by atoms with Crippen LogP contribution >= 0.6 is 0 Å². The van der Waals surface area contributed by atoms with E-state index in [1.165, 1.54) is 0 Å². The van der Waals surface area contributed by atoms with Crippen molar-refractivity contribution < 1.29 is 44.6 Å². The van der Waals surface area contributed by atoms with E-state index in [0.29, 0.717) is 0 Å². The summed E-state index contributed by atoms with van der Waals surface area (Å²) in [5.74, 6) is -1.26. The third-order valence-electron chi connectivity index (χ3n) is 1.18. The van der Waals surface area contributed by atoms with Gasteiger partial charge in [-0.3, -0.25) is 4.70 Å². The molecule has 1 nitrogen and oxygen atoms in total. The number of rotatable bonds is 3. The number of hydrogen-bond acceptors (Lipinski definition) is 1. The Bertz CT molecular complexity index is 229. The van der Waals surface area contributed by atoms with Crippen molar-refractivity contribution in [1.29, 1.82) is 0 Å². The summed E-state index contributed by atoms with van der Waals surface area (Å²) in [6, 6.07) is 0. The molecule has 112 valence electrons. The topological polar surface area (TPSA) is 9.23 Å². The average molecular weight is 294 g/mol. The van der Waals surface area contributed by atoms with Gasteiger partial charge in [-0.05, 0) is 0 Å². The summed E-state index contributed by atoms with van der Waals surface area (Å²) in [5, 5.41) is 0. The highest BCUT2D eigenvalue weighted by Gasteiger charge is 2.39. The second kappa shape index (κ2) is 9.06. The molecule has 0 fully saturated rings. The smallest absolute Gasteiger partial charge is 0.311 e. The Morgan fingerprint density at radius 2 is 1.44 bits per heavy atom. The molecular weight excluding hydrogens is 283 g/mol. The lowest BCUT2D eigenvalue weighted by Gasteiger charge is -2.20. The van der Waals surface area contributed by atoms with Gasteiger partial charge in [0.1, 0.15) is 6.61 Å². The lowest BCUT2D eigenvalue weighted by Crippen LogP contribution is -2.32. The third kappa shape index (κ3) is 15.1. The molecule has 0 aliphatic carbocycles. The van der Waals surface area contributed by atoms with E-state index in [1.807, 2.05) is 0 Å². The van der Waals surface area contributed by atoms with Crippen LogP contribution in [0.15, 0.2) is 12.4 Å². The fraction of sp³-hybridized carbons (Fsp3) is 0.750. The molecule has 0 saturated heterocycles. The minimum absolute atomic E-state index is 0. The van der Waals surface area contributed by atoms with E-state index in [2.05, 4.69) is 4.74 Å². The van der Waals surface area contributed by atoms with Gasteiger partial charge in [0.15, 0.2) is 6.33 Å². The lowest BCUT2D eigenvalue weighted by molar-refractivity contribution is -0.306. The Kier molecular flexibility index (Phi) is 11.2. The lowest BCUT2D eigenvalue weighted by atomic mass is 10.2. The highest BCUT2D eigenvalue weighted by Crippen LogP contribution is 2.28. The van der Waals surface area contributed by atoms with Gasteiger partial charge in [-0.1, -0.05) is 13.8 Å². The number of halogens is 9. The number of alkyl halides is 5. The molecule has 0 N–H and O–H groups in total. The summed E-state index contributed by atoms with van der Waals surface area (Å²) in [4.78, 5) is 0. The molecule has 0 unspecified atom stereocenters. The zero-order valence-corrected chi connectivity index (χ0v) is 9.20. The molecule has 0 rings (SSSR count). The van der Waals surface area contributed by atoms with Crippen molar-refractivity contribution in [2.45, 2.75) is 26.1 Å². The van der Waals surface area contributed by atoms with Crippen molar-refractivity contribution in [3.8, 4) is 0 Å². The second-order valence-electron chi connectivity index (χ2n) is 3.02. The number of ether oxygens (including phenoxy) is 1. The van der Waals surface area contributed by atoms with E-state index in [0.717, 1.165) is 13.8 Å². The summed E-state index contributed by atoms with van der Waals surface area (Å²) in [5.41, 5.74) is 0. The van der Waals surface area contributed by atoms with Crippen molar-refractivity contribution in [2.24, 2.45) is 5.92 Å². The molecular formula is C8H11F9O. The number of hydrogen-bond donors (Lipinski definition) is 0. The van der Waals surface area contributed by atoms with Crippen LogP contribution in [0.3, 0.4) is 0 Å². The normalized spacial score (nSPS) is 11.3. The van der Waals surface area contributed by atoms with Crippen LogP contribution in [-0.2, 0) is 4.74 Å². The van der Waals surface area contributed by atoms with E-state index in [4.69, 9.17) is 0 Å². The van der Waals surface area contributed by atoms with Crippen LogP contribution in [0, 0.1) is 5.92 Å². The molecule has 0 spiro atoms. The maximum absolute atomic E-state index is 12.4. The Morgan fingerprint density at radius 1 is 1.11 bits per heavy atom. The van der Waals surface area contributed by atoms with Crippen LogP contribution in [0.25, 0.3) is 0 Å². The van der Waals surface area contributed by atoms with Gasteiger partial charge in [0.2, 0.25) is 0 Å². The van der Waals surface area contributed by atoms with Gasteiger partial charge in [-0.25, -0.2) is 4.39 Å². The fourth-order valence-corrected chi connectivity index (χ4v) is 0.345. The molecule has 0 aliphatic rings. The van der Waals surface area contributed by atoms with Crippen molar-refractivity contribution in [2.75, 3.05) is 6.61 Å². The standard InChI is InChI=1S/C6H9F5O.C2HF3.FH/c1-4(2)6(10,11)12-3-5(7,8)9;3-1-2(4)5;/h4H,3H2,1-2H3;1H;1H. The van der Waals surface area contributed by atoms with Gasteiger partial charge in [0.05, 0.1) is 0 Å². The summed E-state index contributed by atoms with van der Waals surface area (Å²) >= 11 is 0. The molecule has 0 atom stereocenters. The molecule has 10 heteroatoms. The van der Waals surface area contributed by atoms with Crippen molar-refractivity contribution in [3.63, 3.8) is 0 Å². The molecule has 0 aromatic heterocycles. The SMILES string of the molecule is CC(C)C(F)(F)OCC(F)(F)F.F.FC=C(F)F.